The molecule has 2 aromatic rings. The number of halogens is 1. The molecule has 0 aliphatic carbocycles. The Morgan fingerprint density at radius 2 is 2.26 bits per heavy atom. The van der Waals surface area contributed by atoms with Crippen molar-refractivity contribution < 1.29 is 4.79 Å². The highest BCUT2D eigenvalue weighted by molar-refractivity contribution is 6.34. The van der Waals surface area contributed by atoms with Gasteiger partial charge >= 0.3 is 0 Å². The van der Waals surface area contributed by atoms with Crippen molar-refractivity contribution in [1.82, 2.24) is 14.8 Å². The maximum atomic E-state index is 12.1. The Bertz CT molecular complexity index is 596. The number of hydrogen-bond donors (Lipinski definition) is 2. The van der Waals surface area contributed by atoms with Crippen molar-refractivity contribution in [3.8, 4) is 0 Å². The molecule has 0 spiro atoms. The van der Waals surface area contributed by atoms with Gasteiger partial charge in [-0.05, 0) is 19.1 Å². The van der Waals surface area contributed by atoms with Gasteiger partial charge in [0.15, 0.2) is 0 Å². The lowest BCUT2D eigenvalue weighted by Crippen LogP contribution is -2.14. The Morgan fingerprint density at radius 3 is 2.89 bits per heavy atom. The van der Waals surface area contributed by atoms with Gasteiger partial charge in [-0.25, -0.2) is 4.98 Å². The second-order valence-electron chi connectivity index (χ2n) is 3.82. The molecule has 6 nitrogen and oxygen atoms in total. The van der Waals surface area contributed by atoms with Gasteiger partial charge in [-0.1, -0.05) is 11.6 Å². The lowest BCUT2D eigenvalue weighted by atomic mass is 10.3. The van der Waals surface area contributed by atoms with Crippen LogP contribution < -0.4 is 10.6 Å². The molecule has 1 amide bonds. The fourth-order valence-electron chi connectivity index (χ4n) is 1.53. The molecule has 0 radical (unpaired) electrons. The summed E-state index contributed by atoms with van der Waals surface area (Å²) in [5, 5.41) is 9.95. The van der Waals surface area contributed by atoms with Gasteiger partial charge in [0.1, 0.15) is 11.5 Å². The van der Waals surface area contributed by atoms with Crippen LogP contribution in [-0.4, -0.2) is 27.7 Å². The molecule has 0 saturated carbocycles. The molecule has 0 fully saturated rings. The molecule has 0 saturated heterocycles. The first kappa shape index (κ1) is 13.4. The second kappa shape index (κ2) is 5.71. The van der Waals surface area contributed by atoms with Crippen molar-refractivity contribution in [1.29, 1.82) is 0 Å². The molecular formula is C12H14ClN5O. The van der Waals surface area contributed by atoms with E-state index in [-0.39, 0.29) is 11.6 Å². The number of carbonyl (C=O) groups excluding carboxylic acids is 1. The van der Waals surface area contributed by atoms with Crippen molar-refractivity contribution in [3.63, 3.8) is 0 Å². The third-order valence-electron chi connectivity index (χ3n) is 2.53. The SMILES string of the molecule is CCn1cc(NC(=O)c2nc(NC)ccc2Cl)cn1. The number of aromatic nitrogens is 3. The molecule has 0 aliphatic rings. The van der Waals surface area contributed by atoms with Crippen LogP contribution in [0.25, 0.3) is 0 Å². The highest BCUT2D eigenvalue weighted by Crippen LogP contribution is 2.18. The predicted octanol–water partition coefficient (Wildman–Crippen LogP) is 2.25. The van der Waals surface area contributed by atoms with Crippen LogP contribution in [0.3, 0.4) is 0 Å². The number of nitrogens with one attached hydrogen (secondary N) is 2. The molecule has 2 N–H and O–H groups in total. The molecule has 0 aromatic carbocycles. The van der Waals surface area contributed by atoms with E-state index in [1.54, 1.807) is 36.3 Å². The van der Waals surface area contributed by atoms with Crippen LogP contribution in [0, 0.1) is 0 Å². The van der Waals surface area contributed by atoms with Gasteiger partial charge in [0.05, 0.1) is 16.9 Å². The summed E-state index contributed by atoms with van der Waals surface area (Å²) in [4.78, 5) is 16.2. The quantitative estimate of drug-likeness (QED) is 0.900. The van der Waals surface area contributed by atoms with E-state index in [1.165, 1.54) is 0 Å². The van der Waals surface area contributed by atoms with E-state index in [0.29, 0.717) is 16.5 Å². The Kier molecular flexibility index (Phi) is 4.01. The van der Waals surface area contributed by atoms with Crippen LogP contribution in [0.4, 0.5) is 11.5 Å². The third kappa shape index (κ3) is 3.03. The van der Waals surface area contributed by atoms with Gasteiger partial charge in [-0.15, -0.1) is 0 Å². The van der Waals surface area contributed by atoms with Crippen LogP contribution >= 0.6 is 11.6 Å². The molecule has 19 heavy (non-hydrogen) atoms. The van der Waals surface area contributed by atoms with E-state index in [1.807, 2.05) is 6.92 Å². The lowest BCUT2D eigenvalue weighted by molar-refractivity contribution is 0.102. The number of pyridine rings is 1. The smallest absolute Gasteiger partial charge is 0.275 e. The maximum Gasteiger partial charge on any atom is 0.275 e. The summed E-state index contributed by atoms with van der Waals surface area (Å²) in [5.74, 6) is 0.219. The number of amides is 1. The fraction of sp³-hybridized carbons (Fsp3) is 0.250. The van der Waals surface area contributed by atoms with E-state index in [9.17, 15) is 4.79 Å². The highest BCUT2D eigenvalue weighted by atomic mass is 35.5. The zero-order valence-electron chi connectivity index (χ0n) is 10.6. The lowest BCUT2D eigenvalue weighted by Gasteiger charge is -2.06. The summed E-state index contributed by atoms with van der Waals surface area (Å²) < 4.78 is 1.72. The number of aryl methyl sites for hydroxylation is 1. The summed E-state index contributed by atoms with van der Waals surface area (Å²) in [6.07, 6.45) is 3.32. The van der Waals surface area contributed by atoms with Crippen LogP contribution in [0.15, 0.2) is 24.5 Å². The molecular weight excluding hydrogens is 266 g/mol. The van der Waals surface area contributed by atoms with Gasteiger partial charge < -0.3 is 10.6 Å². The minimum atomic E-state index is -0.363. The van der Waals surface area contributed by atoms with Crippen molar-refractivity contribution in [3.05, 3.63) is 35.2 Å². The van der Waals surface area contributed by atoms with E-state index < -0.39 is 0 Å². The normalized spacial score (nSPS) is 10.3. The van der Waals surface area contributed by atoms with E-state index in [2.05, 4.69) is 20.7 Å². The molecule has 0 bridgehead atoms. The minimum absolute atomic E-state index is 0.178. The molecule has 0 aliphatic heterocycles. The summed E-state index contributed by atoms with van der Waals surface area (Å²) in [7, 11) is 1.73. The van der Waals surface area contributed by atoms with Crippen molar-refractivity contribution in [2.45, 2.75) is 13.5 Å². The Labute approximate surface area is 115 Å². The van der Waals surface area contributed by atoms with Crippen LogP contribution in [0.1, 0.15) is 17.4 Å². The molecule has 100 valence electrons. The predicted molar refractivity (Wildman–Crippen MR) is 74.6 cm³/mol. The number of hydrogen-bond acceptors (Lipinski definition) is 4. The number of rotatable bonds is 4. The number of carbonyl (C=O) groups is 1. The monoisotopic (exact) mass is 279 g/mol. The van der Waals surface area contributed by atoms with Gasteiger partial charge in [0.2, 0.25) is 0 Å². The van der Waals surface area contributed by atoms with Gasteiger partial charge in [-0.3, -0.25) is 9.48 Å². The van der Waals surface area contributed by atoms with E-state index >= 15 is 0 Å². The Balaban J connectivity index is 2.19. The zero-order chi connectivity index (χ0) is 13.8. The first-order valence-corrected chi connectivity index (χ1v) is 6.20. The third-order valence-corrected chi connectivity index (χ3v) is 2.84. The molecule has 2 aromatic heterocycles. The van der Waals surface area contributed by atoms with Crippen LogP contribution in [0.5, 0.6) is 0 Å². The summed E-state index contributed by atoms with van der Waals surface area (Å²) >= 11 is 5.97. The van der Waals surface area contributed by atoms with Crippen molar-refractivity contribution in [2.75, 3.05) is 17.7 Å². The molecule has 0 unspecified atom stereocenters. The average Bonchev–Trinajstić information content (AvgIpc) is 2.87. The van der Waals surface area contributed by atoms with Gasteiger partial charge in [0.25, 0.3) is 5.91 Å². The Hall–Kier alpha value is -2.08. The van der Waals surface area contributed by atoms with Crippen LogP contribution in [0.2, 0.25) is 5.02 Å². The number of nitrogens with zero attached hydrogens (tertiary/aromatic N) is 3. The maximum absolute atomic E-state index is 12.1. The highest BCUT2D eigenvalue weighted by Gasteiger charge is 2.14. The molecule has 0 atom stereocenters. The average molecular weight is 280 g/mol. The molecule has 2 heterocycles. The first-order valence-electron chi connectivity index (χ1n) is 5.82. The minimum Gasteiger partial charge on any atom is -0.373 e. The Morgan fingerprint density at radius 1 is 1.47 bits per heavy atom. The first-order chi connectivity index (χ1) is 9.13. The van der Waals surface area contributed by atoms with E-state index in [4.69, 9.17) is 11.6 Å². The largest absolute Gasteiger partial charge is 0.373 e. The molecule has 7 heteroatoms. The zero-order valence-corrected chi connectivity index (χ0v) is 11.4. The van der Waals surface area contributed by atoms with Crippen molar-refractivity contribution in [2.24, 2.45) is 0 Å². The standard InChI is InChI=1S/C12H14ClN5O/c1-3-18-7-8(6-15-18)16-12(19)11-9(13)4-5-10(14-2)17-11/h4-7H,3H2,1-2H3,(H,14,17)(H,16,19). The van der Waals surface area contributed by atoms with Crippen molar-refractivity contribution >= 4 is 29.0 Å². The summed E-state index contributed by atoms with van der Waals surface area (Å²) in [6, 6.07) is 3.33. The molecule has 2 rings (SSSR count). The fourth-order valence-corrected chi connectivity index (χ4v) is 1.72. The van der Waals surface area contributed by atoms with Gasteiger partial charge in [0, 0.05) is 19.8 Å². The summed E-state index contributed by atoms with van der Waals surface area (Å²) in [6.45, 7) is 2.71. The summed E-state index contributed by atoms with van der Waals surface area (Å²) in [5.41, 5.74) is 0.789. The van der Waals surface area contributed by atoms with Crippen LogP contribution in [-0.2, 0) is 6.54 Å². The number of anilines is 2. The topological polar surface area (TPSA) is 71.8 Å². The second-order valence-corrected chi connectivity index (χ2v) is 4.22. The van der Waals surface area contributed by atoms with E-state index in [0.717, 1.165) is 6.54 Å². The van der Waals surface area contributed by atoms with Gasteiger partial charge in [-0.2, -0.15) is 5.10 Å².